The molecule has 0 saturated carbocycles. The molecular formula is C15H9N7. The smallest absolute Gasteiger partial charge is 0.177 e. The van der Waals surface area contributed by atoms with E-state index in [0.29, 0.717) is 0 Å². The van der Waals surface area contributed by atoms with Crippen molar-refractivity contribution < 1.29 is 0 Å². The summed E-state index contributed by atoms with van der Waals surface area (Å²) >= 11 is 0. The second-order valence-corrected chi connectivity index (χ2v) is 5.02. The first-order chi connectivity index (χ1) is 10.9. The van der Waals surface area contributed by atoms with Gasteiger partial charge in [-0.1, -0.05) is 6.07 Å². The van der Waals surface area contributed by atoms with Crippen LogP contribution in [0.15, 0.2) is 55.1 Å². The maximum absolute atomic E-state index is 4.52. The minimum absolute atomic E-state index is 0.732. The lowest BCUT2D eigenvalue weighted by Crippen LogP contribution is -1.94. The number of fused-ring (bicyclic) bond motifs is 4. The second-order valence-electron chi connectivity index (χ2n) is 5.02. The zero-order valence-corrected chi connectivity index (χ0v) is 11.3. The van der Waals surface area contributed by atoms with E-state index in [2.05, 4.69) is 37.6 Å². The molecule has 1 aromatic carbocycles. The minimum atomic E-state index is 0.732. The van der Waals surface area contributed by atoms with Crippen molar-refractivity contribution in [1.29, 1.82) is 0 Å². The molecule has 0 amide bonds. The van der Waals surface area contributed by atoms with Crippen molar-refractivity contribution >= 4 is 22.2 Å². The van der Waals surface area contributed by atoms with Crippen LogP contribution in [0.4, 0.5) is 0 Å². The lowest BCUT2D eigenvalue weighted by Gasteiger charge is -2.05. The first-order valence-corrected chi connectivity index (χ1v) is 6.78. The van der Waals surface area contributed by atoms with Crippen LogP contribution in [0.3, 0.4) is 0 Å². The van der Waals surface area contributed by atoms with Gasteiger partial charge in [0.05, 0.1) is 11.2 Å². The van der Waals surface area contributed by atoms with Crippen molar-refractivity contribution in [2.75, 3.05) is 0 Å². The van der Waals surface area contributed by atoms with Gasteiger partial charge in [0.1, 0.15) is 12.7 Å². The monoisotopic (exact) mass is 287 g/mol. The topological polar surface area (TPSA) is 73.3 Å². The van der Waals surface area contributed by atoms with Gasteiger partial charge < -0.3 is 0 Å². The van der Waals surface area contributed by atoms with Gasteiger partial charge in [-0.25, -0.2) is 0 Å². The van der Waals surface area contributed by atoms with Gasteiger partial charge in [-0.3, -0.25) is 4.40 Å². The van der Waals surface area contributed by atoms with E-state index in [1.165, 1.54) is 0 Å². The minimum Gasteiger partial charge on any atom is -0.282 e. The number of aromatic nitrogens is 7. The molecule has 0 bridgehead atoms. The summed E-state index contributed by atoms with van der Waals surface area (Å²) in [6.45, 7) is 0. The predicted octanol–water partition coefficient (Wildman–Crippen LogP) is 1.99. The Hall–Kier alpha value is -3.35. The summed E-state index contributed by atoms with van der Waals surface area (Å²) in [6.07, 6.45) is 3.32. The molecule has 0 N–H and O–H groups in total. The highest BCUT2D eigenvalue weighted by molar-refractivity contribution is 5.86. The molecule has 7 heteroatoms. The standard InChI is InChI=1S/C15H9N7/c1-4-13-11(2-5-14-18-16-8-21(13)14)7-10(1)12-3-6-15-19-17-9-22(15)20-12/h1-9H. The average Bonchev–Trinajstić information content (AvgIpc) is 3.22. The van der Waals surface area contributed by atoms with Crippen LogP contribution in [-0.4, -0.2) is 34.4 Å². The second kappa shape index (κ2) is 4.08. The number of nitrogens with zero attached hydrogens (tertiary/aromatic N) is 7. The van der Waals surface area contributed by atoms with E-state index in [9.17, 15) is 0 Å². The van der Waals surface area contributed by atoms with Crippen molar-refractivity contribution in [3.05, 3.63) is 55.1 Å². The summed E-state index contributed by atoms with van der Waals surface area (Å²) in [4.78, 5) is 0. The van der Waals surface area contributed by atoms with Crippen LogP contribution in [0.2, 0.25) is 0 Å². The van der Waals surface area contributed by atoms with E-state index in [1.807, 2.05) is 34.7 Å². The largest absolute Gasteiger partial charge is 0.282 e. The predicted molar refractivity (Wildman–Crippen MR) is 80.3 cm³/mol. The maximum atomic E-state index is 4.52. The molecule has 0 saturated heterocycles. The van der Waals surface area contributed by atoms with Crippen LogP contribution in [0.1, 0.15) is 0 Å². The summed E-state index contributed by atoms with van der Waals surface area (Å²) in [5.41, 5.74) is 4.55. The molecule has 0 fully saturated rings. The van der Waals surface area contributed by atoms with Gasteiger partial charge in [0.25, 0.3) is 0 Å². The summed E-state index contributed by atoms with van der Waals surface area (Å²) in [5, 5.41) is 21.4. The fraction of sp³-hybridized carbons (Fsp3) is 0. The number of hydrogen-bond donors (Lipinski definition) is 0. The van der Waals surface area contributed by atoms with E-state index in [0.717, 1.165) is 33.5 Å². The molecule has 0 unspecified atom stereocenters. The van der Waals surface area contributed by atoms with Crippen molar-refractivity contribution in [3.63, 3.8) is 0 Å². The van der Waals surface area contributed by atoms with Gasteiger partial charge in [0, 0.05) is 5.56 Å². The molecule has 22 heavy (non-hydrogen) atoms. The van der Waals surface area contributed by atoms with Crippen molar-refractivity contribution in [1.82, 2.24) is 34.4 Å². The number of pyridine rings is 1. The Bertz CT molecular complexity index is 1140. The van der Waals surface area contributed by atoms with E-state index < -0.39 is 0 Å². The molecule has 0 radical (unpaired) electrons. The molecule has 4 aromatic heterocycles. The summed E-state index contributed by atoms with van der Waals surface area (Å²) < 4.78 is 3.64. The fourth-order valence-electron chi connectivity index (χ4n) is 2.66. The van der Waals surface area contributed by atoms with Crippen LogP contribution in [0, 0.1) is 0 Å². The molecule has 0 aliphatic carbocycles. The third-order valence-corrected chi connectivity index (χ3v) is 3.73. The Morgan fingerprint density at radius 2 is 1.64 bits per heavy atom. The first kappa shape index (κ1) is 11.3. The van der Waals surface area contributed by atoms with Crippen molar-refractivity contribution in [2.45, 2.75) is 0 Å². The number of hydrogen-bond acceptors (Lipinski definition) is 5. The van der Waals surface area contributed by atoms with Crippen molar-refractivity contribution in [3.8, 4) is 11.3 Å². The highest BCUT2D eigenvalue weighted by atomic mass is 15.3. The van der Waals surface area contributed by atoms with E-state index >= 15 is 0 Å². The lowest BCUT2D eigenvalue weighted by atomic mass is 10.1. The Morgan fingerprint density at radius 3 is 2.64 bits per heavy atom. The maximum Gasteiger partial charge on any atom is 0.177 e. The van der Waals surface area contributed by atoms with Gasteiger partial charge in [0.15, 0.2) is 11.3 Å². The van der Waals surface area contributed by atoms with Gasteiger partial charge in [-0.2, -0.15) is 9.61 Å². The summed E-state index contributed by atoms with van der Waals surface area (Å²) in [7, 11) is 0. The SMILES string of the molecule is c1cc2c(ccc3nncn32)cc1-c1ccc2nncn2n1. The molecule has 0 aliphatic rings. The van der Waals surface area contributed by atoms with Gasteiger partial charge in [0.2, 0.25) is 0 Å². The van der Waals surface area contributed by atoms with E-state index in [1.54, 1.807) is 17.2 Å². The Balaban J connectivity index is 1.75. The number of benzene rings is 1. The summed E-state index contributed by atoms with van der Waals surface area (Å²) in [5.74, 6) is 0. The van der Waals surface area contributed by atoms with Crippen LogP contribution < -0.4 is 0 Å². The highest BCUT2D eigenvalue weighted by Crippen LogP contribution is 2.23. The quantitative estimate of drug-likeness (QED) is 0.471. The molecule has 0 atom stereocenters. The Kier molecular flexibility index (Phi) is 2.10. The molecule has 5 rings (SSSR count). The fourth-order valence-corrected chi connectivity index (χ4v) is 2.66. The van der Waals surface area contributed by atoms with Crippen LogP contribution in [0.25, 0.3) is 33.5 Å². The molecule has 104 valence electrons. The Morgan fingerprint density at radius 1 is 0.773 bits per heavy atom. The lowest BCUT2D eigenvalue weighted by molar-refractivity contribution is 0.932. The van der Waals surface area contributed by atoms with Crippen LogP contribution >= 0.6 is 0 Å². The zero-order valence-electron chi connectivity index (χ0n) is 11.3. The van der Waals surface area contributed by atoms with E-state index in [-0.39, 0.29) is 0 Å². The zero-order chi connectivity index (χ0) is 14.5. The first-order valence-electron chi connectivity index (χ1n) is 6.78. The normalized spacial score (nSPS) is 11.6. The molecular weight excluding hydrogens is 278 g/mol. The molecule has 0 aliphatic heterocycles. The third-order valence-electron chi connectivity index (χ3n) is 3.73. The summed E-state index contributed by atoms with van der Waals surface area (Å²) in [6, 6.07) is 14.0. The molecule has 4 heterocycles. The number of rotatable bonds is 1. The molecule has 7 nitrogen and oxygen atoms in total. The molecule has 0 spiro atoms. The van der Waals surface area contributed by atoms with Crippen LogP contribution in [-0.2, 0) is 0 Å². The van der Waals surface area contributed by atoms with Gasteiger partial charge in [-0.15, -0.1) is 20.4 Å². The van der Waals surface area contributed by atoms with E-state index in [4.69, 9.17) is 0 Å². The highest BCUT2D eigenvalue weighted by Gasteiger charge is 2.06. The molecule has 5 aromatic rings. The van der Waals surface area contributed by atoms with Crippen LogP contribution in [0.5, 0.6) is 0 Å². The van der Waals surface area contributed by atoms with Gasteiger partial charge in [-0.05, 0) is 41.8 Å². The average molecular weight is 287 g/mol. The third kappa shape index (κ3) is 1.53. The Labute approximate surface area is 123 Å². The van der Waals surface area contributed by atoms with Crippen molar-refractivity contribution in [2.24, 2.45) is 0 Å². The van der Waals surface area contributed by atoms with Gasteiger partial charge >= 0.3 is 0 Å².